The van der Waals surface area contributed by atoms with Gasteiger partial charge in [-0.15, -0.1) is 0 Å². The van der Waals surface area contributed by atoms with E-state index in [1.54, 1.807) is 23.1 Å². The van der Waals surface area contributed by atoms with Crippen molar-refractivity contribution in [1.29, 1.82) is 0 Å². The number of hydrogen-bond donors (Lipinski definition) is 1. The molecule has 3 aromatic heterocycles. The molecule has 2 N–H and O–H groups in total. The Balaban J connectivity index is 1.50. The SMILES string of the molecule is NC(=O)c1cc(OC2CCN(c3cc(C(F)(F)F)nc(-c4ccncc4)n3)CC2)ccn1. The molecule has 0 radical (unpaired) electrons. The molecule has 0 aliphatic carbocycles. The fourth-order valence-electron chi connectivity index (χ4n) is 3.39. The smallest absolute Gasteiger partial charge is 0.433 e. The molecule has 3 aromatic rings. The molecule has 1 aliphatic heterocycles. The third-order valence-electron chi connectivity index (χ3n) is 4.99. The normalized spacial score (nSPS) is 14.9. The minimum atomic E-state index is -4.60. The van der Waals surface area contributed by atoms with Crippen molar-refractivity contribution in [3.63, 3.8) is 0 Å². The van der Waals surface area contributed by atoms with E-state index in [9.17, 15) is 18.0 Å². The topological polar surface area (TPSA) is 107 Å². The predicted octanol–water partition coefficient (Wildman–Crippen LogP) is 3.10. The second kappa shape index (κ2) is 8.77. The molecule has 32 heavy (non-hydrogen) atoms. The summed E-state index contributed by atoms with van der Waals surface area (Å²) in [4.78, 5) is 28.9. The Hall–Kier alpha value is -3.76. The van der Waals surface area contributed by atoms with Crippen molar-refractivity contribution in [1.82, 2.24) is 19.9 Å². The Morgan fingerprint density at radius 3 is 2.44 bits per heavy atom. The van der Waals surface area contributed by atoms with E-state index in [1.165, 1.54) is 24.7 Å². The fraction of sp³-hybridized carbons (Fsp3) is 0.286. The zero-order valence-corrected chi connectivity index (χ0v) is 16.8. The summed E-state index contributed by atoms with van der Waals surface area (Å²) in [6, 6.07) is 7.19. The number of carbonyl (C=O) groups is 1. The van der Waals surface area contributed by atoms with E-state index in [4.69, 9.17) is 10.5 Å². The summed E-state index contributed by atoms with van der Waals surface area (Å²) in [5.74, 6) is 0.0111. The largest absolute Gasteiger partial charge is 0.490 e. The van der Waals surface area contributed by atoms with Crippen molar-refractivity contribution in [3.05, 3.63) is 60.3 Å². The lowest BCUT2D eigenvalue weighted by Crippen LogP contribution is -2.39. The number of anilines is 1. The molecule has 1 fully saturated rings. The van der Waals surface area contributed by atoms with Crippen molar-refractivity contribution in [2.75, 3.05) is 18.0 Å². The van der Waals surface area contributed by atoms with Gasteiger partial charge in [0.25, 0.3) is 5.91 Å². The van der Waals surface area contributed by atoms with E-state index in [-0.39, 0.29) is 23.4 Å². The first kappa shape index (κ1) is 21.5. The molecule has 1 saturated heterocycles. The van der Waals surface area contributed by atoms with Gasteiger partial charge in [0.2, 0.25) is 0 Å². The molecule has 166 valence electrons. The molecule has 0 bridgehead atoms. The fourth-order valence-corrected chi connectivity index (χ4v) is 3.39. The van der Waals surface area contributed by atoms with Gasteiger partial charge in [-0.05, 0) is 18.2 Å². The van der Waals surface area contributed by atoms with Gasteiger partial charge in [0.05, 0.1) is 0 Å². The van der Waals surface area contributed by atoms with E-state index in [1.807, 2.05) is 0 Å². The number of amides is 1. The Morgan fingerprint density at radius 2 is 1.78 bits per heavy atom. The second-order valence-corrected chi connectivity index (χ2v) is 7.21. The van der Waals surface area contributed by atoms with Crippen LogP contribution in [0.15, 0.2) is 48.9 Å². The van der Waals surface area contributed by atoms with Crippen molar-refractivity contribution in [3.8, 4) is 17.1 Å². The molecule has 4 heterocycles. The molecular formula is C21H19F3N6O2. The number of rotatable bonds is 5. The quantitative estimate of drug-likeness (QED) is 0.644. The van der Waals surface area contributed by atoms with Gasteiger partial charge in [-0.1, -0.05) is 0 Å². The van der Waals surface area contributed by atoms with Crippen LogP contribution in [-0.2, 0) is 6.18 Å². The molecule has 0 atom stereocenters. The number of hydrogen-bond acceptors (Lipinski definition) is 7. The minimum Gasteiger partial charge on any atom is -0.490 e. The lowest BCUT2D eigenvalue weighted by molar-refractivity contribution is -0.141. The summed E-state index contributed by atoms with van der Waals surface area (Å²) >= 11 is 0. The molecule has 0 spiro atoms. The van der Waals surface area contributed by atoms with Crippen LogP contribution in [0.5, 0.6) is 5.75 Å². The summed E-state index contributed by atoms with van der Waals surface area (Å²) in [6.45, 7) is 0.894. The third-order valence-corrected chi connectivity index (χ3v) is 4.99. The number of nitrogens with zero attached hydrogens (tertiary/aromatic N) is 5. The molecule has 1 amide bonds. The highest BCUT2D eigenvalue weighted by molar-refractivity contribution is 5.91. The van der Waals surface area contributed by atoms with Gasteiger partial charge in [-0.2, -0.15) is 13.2 Å². The number of pyridine rings is 2. The average molecular weight is 444 g/mol. The van der Waals surface area contributed by atoms with Crippen LogP contribution in [0.2, 0.25) is 0 Å². The van der Waals surface area contributed by atoms with Gasteiger partial charge < -0.3 is 15.4 Å². The number of carbonyl (C=O) groups excluding carboxylic acids is 1. The number of alkyl halides is 3. The highest BCUT2D eigenvalue weighted by Gasteiger charge is 2.35. The van der Waals surface area contributed by atoms with E-state index in [0.717, 1.165) is 6.07 Å². The van der Waals surface area contributed by atoms with Crippen molar-refractivity contribution in [2.45, 2.75) is 25.1 Å². The summed E-state index contributed by atoms with van der Waals surface area (Å²) in [5.41, 5.74) is 4.79. The van der Waals surface area contributed by atoms with Crippen LogP contribution >= 0.6 is 0 Å². The van der Waals surface area contributed by atoms with Gasteiger partial charge in [0.1, 0.15) is 23.4 Å². The summed E-state index contributed by atoms with van der Waals surface area (Å²) in [5, 5.41) is 0. The van der Waals surface area contributed by atoms with Gasteiger partial charge in [0, 0.05) is 62.2 Å². The Bertz CT molecular complexity index is 1100. The molecule has 8 nitrogen and oxygen atoms in total. The van der Waals surface area contributed by atoms with Crippen LogP contribution in [0.3, 0.4) is 0 Å². The maximum atomic E-state index is 13.4. The Kier molecular flexibility index (Phi) is 5.89. The lowest BCUT2D eigenvalue weighted by Gasteiger charge is -2.33. The monoisotopic (exact) mass is 444 g/mol. The molecule has 0 unspecified atom stereocenters. The zero-order chi connectivity index (χ0) is 22.7. The Labute approximate surface area is 181 Å². The zero-order valence-electron chi connectivity index (χ0n) is 16.8. The first-order chi connectivity index (χ1) is 15.3. The highest BCUT2D eigenvalue weighted by Crippen LogP contribution is 2.32. The number of aromatic nitrogens is 4. The van der Waals surface area contributed by atoms with E-state index >= 15 is 0 Å². The van der Waals surface area contributed by atoms with Gasteiger partial charge in [-0.25, -0.2) is 9.97 Å². The summed E-state index contributed by atoms with van der Waals surface area (Å²) in [6.07, 6.45) is 0.742. The second-order valence-electron chi connectivity index (χ2n) is 7.21. The van der Waals surface area contributed by atoms with Crippen molar-refractivity contribution < 1.29 is 22.7 Å². The van der Waals surface area contributed by atoms with Crippen LogP contribution in [0.25, 0.3) is 11.4 Å². The molecule has 4 rings (SSSR count). The van der Waals surface area contributed by atoms with Gasteiger partial charge in [-0.3, -0.25) is 14.8 Å². The van der Waals surface area contributed by atoms with Crippen molar-refractivity contribution in [2.24, 2.45) is 5.73 Å². The molecular weight excluding hydrogens is 425 g/mol. The third kappa shape index (κ3) is 4.93. The summed E-state index contributed by atoms with van der Waals surface area (Å²) < 4.78 is 46.2. The van der Waals surface area contributed by atoms with Crippen molar-refractivity contribution >= 4 is 11.7 Å². The van der Waals surface area contributed by atoms with Crippen LogP contribution in [-0.4, -0.2) is 45.0 Å². The number of nitrogens with two attached hydrogens (primary N) is 1. The van der Waals surface area contributed by atoms with Gasteiger partial charge in [0.15, 0.2) is 11.5 Å². The van der Waals surface area contributed by atoms with Gasteiger partial charge >= 0.3 is 6.18 Å². The first-order valence-corrected chi connectivity index (χ1v) is 9.84. The predicted molar refractivity (Wildman–Crippen MR) is 109 cm³/mol. The maximum Gasteiger partial charge on any atom is 0.433 e. The number of halogens is 3. The minimum absolute atomic E-state index is 0.00800. The number of piperidine rings is 1. The van der Waals surface area contributed by atoms with Crippen LogP contribution < -0.4 is 15.4 Å². The number of primary amides is 1. The van der Waals surface area contributed by atoms with Crippen LogP contribution in [0.1, 0.15) is 29.0 Å². The first-order valence-electron chi connectivity index (χ1n) is 9.84. The Morgan fingerprint density at radius 1 is 1.06 bits per heavy atom. The maximum absolute atomic E-state index is 13.4. The highest BCUT2D eigenvalue weighted by atomic mass is 19.4. The van der Waals surface area contributed by atoms with E-state index in [2.05, 4.69) is 19.9 Å². The molecule has 1 aliphatic rings. The molecule has 0 aromatic carbocycles. The van der Waals surface area contributed by atoms with Crippen LogP contribution in [0.4, 0.5) is 19.0 Å². The lowest BCUT2D eigenvalue weighted by atomic mass is 10.1. The number of ether oxygens (including phenoxy) is 1. The molecule has 0 saturated carbocycles. The van der Waals surface area contributed by atoms with E-state index in [0.29, 0.717) is 37.2 Å². The summed E-state index contributed by atoms with van der Waals surface area (Å²) in [7, 11) is 0. The van der Waals surface area contributed by atoms with E-state index < -0.39 is 17.8 Å². The molecule has 11 heteroatoms. The van der Waals surface area contributed by atoms with Crippen LogP contribution in [0, 0.1) is 0 Å². The standard InChI is InChI=1S/C21H19F3N6O2/c22-21(23,24)17-12-18(29-20(28-17)13-1-6-26-7-2-13)30-9-4-14(5-10-30)32-15-3-8-27-16(11-15)19(25)31/h1-3,6-8,11-12,14H,4-5,9-10H2,(H2,25,31). The average Bonchev–Trinajstić information content (AvgIpc) is 2.79.